The van der Waals surface area contributed by atoms with Crippen LogP contribution in [0.2, 0.25) is 0 Å². The van der Waals surface area contributed by atoms with E-state index in [9.17, 15) is 9.18 Å². The van der Waals surface area contributed by atoms with Gasteiger partial charge in [0.05, 0.1) is 11.4 Å². The van der Waals surface area contributed by atoms with Crippen molar-refractivity contribution in [1.29, 1.82) is 0 Å². The minimum absolute atomic E-state index is 0.0445. The number of halogens is 1. The van der Waals surface area contributed by atoms with Gasteiger partial charge in [-0.25, -0.2) is 9.37 Å². The van der Waals surface area contributed by atoms with Crippen LogP contribution in [0.15, 0.2) is 73.1 Å². The molecule has 33 heavy (non-hydrogen) atoms. The number of aromatic nitrogens is 2. The molecule has 5 rings (SSSR count). The van der Waals surface area contributed by atoms with E-state index >= 15 is 0 Å². The fraction of sp³-hybridized carbons (Fsp3) is 0.231. The molecule has 2 aromatic carbocycles. The minimum atomic E-state index is -0.233. The highest BCUT2D eigenvalue weighted by Gasteiger charge is 2.23. The molecule has 0 spiro atoms. The Bertz CT molecular complexity index is 1290. The van der Waals surface area contributed by atoms with Crippen LogP contribution in [0.25, 0.3) is 5.65 Å². The highest BCUT2D eigenvalue weighted by molar-refractivity contribution is 5.94. The van der Waals surface area contributed by atoms with Crippen molar-refractivity contribution in [2.24, 2.45) is 0 Å². The second kappa shape index (κ2) is 8.94. The van der Waals surface area contributed by atoms with E-state index in [4.69, 9.17) is 4.74 Å². The van der Waals surface area contributed by atoms with Gasteiger partial charge in [0.15, 0.2) is 0 Å². The van der Waals surface area contributed by atoms with Crippen LogP contribution < -0.4 is 9.64 Å². The quantitative estimate of drug-likeness (QED) is 0.460. The monoisotopic (exact) mass is 444 g/mol. The Hall–Kier alpha value is -3.87. The number of hydrogen-bond acceptors (Lipinski definition) is 4. The second-order valence-electron chi connectivity index (χ2n) is 8.20. The molecule has 0 aliphatic carbocycles. The molecule has 4 aromatic rings. The minimum Gasteiger partial charge on any atom is -0.487 e. The second-order valence-corrected chi connectivity index (χ2v) is 8.20. The Morgan fingerprint density at radius 1 is 1.03 bits per heavy atom. The number of anilines is 1. The van der Waals surface area contributed by atoms with Crippen LogP contribution in [0.3, 0.4) is 0 Å². The van der Waals surface area contributed by atoms with Crippen molar-refractivity contribution in [3.63, 3.8) is 0 Å². The first kappa shape index (κ1) is 21.0. The summed E-state index contributed by atoms with van der Waals surface area (Å²) in [6, 6.07) is 18.0. The molecule has 1 amide bonds. The van der Waals surface area contributed by atoms with Crippen molar-refractivity contribution in [3.05, 3.63) is 95.7 Å². The van der Waals surface area contributed by atoms with Crippen LogP contribution in [-0.4, -0.2) is 46.4 Å². The van der Waals surface area contributed by atoms with Gasteiger partial charge in [-0.05, 0) is 48.9 Å². The number of imidazole rings is 1. The van der Waals surface area contributed by atoms with Gasteiger partial charge in [0, 0.05) is 44.1 Å². The summed E-state index contributed by atoms with van der Waals surface area (Å²) in [4.78, 5) is 21.5. The number of ether oxygens (including phenoxy) is 1. The molecule has 1 fully saturated rings. The number of carbonyl (C=O) groups excluding carboxylic acids is 1. The highest BCUT2D eigenvalue weighted by atomic mass is 19.1. The number of hydrogen-bond donors (Lipinski definition) is 0. The summed E-state index contributed by atoms with van der Waals surface area (Å²) in [7, 11) is 0. The van der Waals surface area contributed by atoms with Crippen molar-refractivity contribution >= 4 is 17.2 Å². The van der Waals surface area contributed by atoms with Gasteiger partial charge in [-0.2, -0.15) is 0 Å². The predicted molar refractivity (Wildman–Crippen MR) is 125 cm³/mol. The average Bonchev–Trinajstić information content (AvgIpc) is 3.28. The van der Waals surface area contributed by atoms with E-state index in [1.165, 1.54) is 6.07 Å². The molecule has 0 N–H and O–H groups in total. The highest BCUT2D eigenvalue weighted by Crippen LogP contribution is 2.22. The molecule has 0 unspecified atom stereocenters. The third-order valence-corrected chi connectivity index (χ3v) is 5.96. The third-order valence-electron chi connectivity index (χ3n) is 5.96. The van der Waals surface area contributed by atoms with Crippen LogP contribution >= 0.6 is 0 Å². The standard InChI is InChI=1S/C26H25FN4O2/c1-19-6-5-11-31-17-21(28-25(19)31)18-33-22-8-4-7-20(16-22)26(32)30-14-12-29(13-15-30)24-10-3-2-9-23(24)27/h2-11,16-17H,12-15,18H2,1H3. The fourth-order valence-electron chi connectivity index (χ4n) is 4.19. The molecule has 168 valence electrons. The number of para-hydroxylation sites is 1. The van der Waals surface area contributed by atoms with E-state index in [2.05, 4.69) is 4.98 Å². The van der Waals surface area contributed by atoms with Gasteiger partial charge < -0.3 is 18.9 Å². The predicted octanol–water partition coefficient (Wildman–Crippen LogP) is 4.32. The molecule has 0 saturated carbocycles. The molecule has 1 aliphatic heterocycles. The molecule has 0 bridgehead atoms. The zero-order chi connectivity index (χ0) is 22.8. The first-order chi connectivity index (χ1) is 16.1. The molecule has 0 radical (unpaired) electrons. The molecule has 1 aliphatic rings. The Labute approximate surface area is 191 Å². The lowest BCUT2D eigenvalue weighted by Gasteiger charge is -2.36. The Morgan fingerprint density at radius 2 is 1.85 bits per heavy atom. The van der Waals surface area contributed by atoms with Crippen molar-refractivity contribution < 1.29 is 13.9 Å². The van der Waals surface area contributed by atoms with Crippen LogP contribution in [-0.2, 0) is 6.61 Å². The Morgan fingerprint density at radius 3 is 2.64 bits per heavy atom. The lowest BCUT2D eigenvalue weighted by Crippen LogP contribution is -2.49. The van der Waals surface area contributed by atoms with Gasteiger partial charge in [0.1, 0.15) is 23.8 Å². The molecule has 0 atom stereocenters. The lowest BCUT2D eigenvalue weighted by atomic mass is 10.1. The first-order valence-electron chi connectivity index (χ1n) is 11.0. The summed E-state index contributed by atoms with van der Waals surface area (Å²) >= 11 is 0. The molecular weight excluding hydrogens is 419 g/mol. The fourth-order valence-corrected chi connectivity index (χ4v) is 4.19. The summed E-state index contributed by atoms with van der Waals surface area (Å²) in [6.45, 7) is 4.61. The Balaban J connectivity index is 1.22. The van der Waals surface area contributed by atoms with Crippen molar-refractivity contribution in [2.75, 3.05) is 31.1 Å². The molecular formula is C26H25FN4O2. The maximum atomic E-state index is 14.1. The number of aryl methyl sites for hydroxylation is 1. The van der Waals surface area contributed by atoms with E-state index in [-0.39, 0.29) is 11.7 Å². The van der Waals surface area contributed by atoms with E-state index < -0.39 is 0 Å². The van der Waals surface area contributed by atoms with E-state index in [1.807, 2.05) is 58.9 Å². The van der Waals surface area contributed by atoms with Gasteiger partial charge in [0.2, 0.25) is 0 Å². The number of amides is 1. The first-order valence-corrected chi connectivity index (χ1v) is 11.0. The smallest absolute Gasteiger partial charge is 0.254 e. The number of fused-ring (bicyclic) bond motifs is 1. The van der Waals surface area contributed by atoms with Crippen LogP contribution in [0.5, 0.6) is 5.75 Å². The van der Waals surface area contributed by atoms with Crippen molar-refractivity contribution in [3.8, 4) is 5.75 Å². The molecule has 7 heteroatoms. The topological polar surface area (TPSA) is 50.1 Å². The molecule has 2 aromatic heterocycles. The van der Waals surface area contributed by atoms with Crippen molar-refractivity contribution in [2.45, 2.75) is 13.5 Å². The molecule has 3 heterocycles. The SMILES string of the molecule is Cc1cccn2cc(COc3cccc(C(=O)N4CCN(c5ccccc5F)CC4)c3)nc12. The summed E-state index contributed by atoms with van der Waals surface area (Å²) in [6.07, 6.45) is 3.91. The van der Waals surface area contributed by atoms with Crippen LogP contribution in [0.1, 0.15) is 21.6 Å². The largest absolute Gasteiger partial charge is 0.487 e. The number of pyridine rings is 1. The number of benzene rings is 2. The van der Waals surface area contributed by atoms with Crippen molar-refractivity contribution in [1.82, 2.24) is 14.3 Å². The zero-order valence-electron chi connectivity index (χ0n) is 18.4. The van der Waals surface area contributed by atoms with E-state index in [0.29, 0.717) is 49.8 Å². The van der Waals surface area contributed by atoms with Gasteiger partial charge in [0.25, 0.3) is 5.91 Å². The number of rotatable bonds is 5. The maximum Gasteiger partial charge on any atom is 0.254 e. The zero-order valence-corrected chi connectivity index (χ0v) is 18.4. The number of carbonyl (C=O) groups is 1. The number of piperazine rings is 1. The maximum absolute atomic E-state index is 14.1. The van der Waals surface area contributed by atoms with E-state index in [1.54, 1.807) is 29.2 Å². The normalized spacial score (nSPS) is 14.0. The lowest BCUT2D eigenvalue weighted by molar-refractivity contribution is 0.0746. The van der Waals surface area contributed by atoms with Crippen LogP contribution in [0.4, 0.5) is 10.1 Å². The number of nitrogens with zero attached hydrogens (tertiary/aromatic N) is 4. The summed E-state index contributed by atoms with van der Waals surface area (Å²) < 4.78 is 22.0. The summed E-state index contributed by atoms with van der Waals surface area (Å²) in [5, 5.41) is 0. The average molecular weight is 445 g/mol. The van der Waals surface area contributed by atoms with E-state index in [0.717, 1.165) is 16.9 Å². The van der Waals surface area contributed by atoms with Crippen LogP contribution in [0, 0.1) is 12.7 Å². The Kier molecular flexibility index (Phi) is 5.69. The third kappa shape index (κ3) is 4.39. The van der Waals surface area contributed by atoms with Gasteiger partial charge in [-0.3, -0.25) is 4.79 Å². The molecule has 6 nitrogen and oxygen atoms in total. The summed E-state index contributed by atoms with van der Waals surface area (Å²) in [5.41, 5.74) is 4.01. The summed E-state index contributed by atoms with van der Waals surface area (Å²) in [5.74, 6) is 0.347. The van der Waals surface area contributed by atoms with Gasteiger partial charge in [-0.1, -0.05) is 24.3 Å². The van der Waals surface area contributed by atoms with Gasteiger partial charge in [-0.15, -0.1) is 0 Å². The molecule has 1 saturated heterocycles. The van der Waals surface area contributed by atoms with Gasteiger partial charge >= 0.3 is 0 Å².